The van der Waals surface area contributed by atoms with E-state index >= 15 is 0 Å². The average Bonchev–Trinajstić information content (AvgIpc) is 3.68. The van der Waals surface area contributed by atoms with Gasteiger partial charge in [-0.1, -0.05) is 46.7 Å². The summed E-state index contributed by atoms with van der Waals surface area (Å²) in [7, 11) is 1.52. The van der Waals surface area contributed by atoms with Crippen molar-refractivity contribution in [3.63, 3.8) is 0 Å². The summed E-state index contributed by atoms with van der Waals surface area (Å²) in [6.45, 7) is 5.71. The lowest BCUT2D eigenvalue weighted by Crippen LogP contribution is -2.40. The number of thiazole rings is 1. The maximum absolute atomic E-state index is 14.1. The van der Waals surface area contributed by atoms with E-state index in [1.165, 1.54) is 17.7 Å². The number of aromatic nitrogens is 4. The molecule has 1 aliphatic rings. The van der Waals surface area contributed by atoms with Crippen LogP contribution in [0.5, 0.6) is 11.5 Å². The molecule has 1 atom stereocenters. The number of nitrogens with zero attached hydrogens (tertiary/aromatic N) is 5. The fraction of sp³-hybridized carbons (Fsp3) is 0.206. The van der Waals surface area contributed by atoms with Gasteiger partial charge < -0.3 is 14.2 Å². The van der Waals surface area contributed by atoms with Gasteiger partial charge in [0.1, 0.15) is 0 Å². The van der Waals surface area contributed by atoms with Crippen LogP contribution < -0.4 is 24.4 Å². The molecule has 262 valence electrons. The molecule has 6 rings (SSSR count). The number of nitrogens with one attached hydrogen (secondary N) is 1. The third kappa shape index (κ3) is 7.28. The molecular weight excluding hydrogens is 739 g/mol. The maximum Gasteiger partial charge on any atom is 0.338 e. The number of esters is 1. The number of fused-ring (bicyclic) bond motifs is 1. The van der Waals surface area contributed by atoms with Crippen LogP contribution in [0.2, 0.25) is 10.0 Å². The predicted octanol–water partition coefficient (Wildman–Crippen LogP) is 6.36. The number of hydrogen-bond donors (Lipinski definition) is 1. The Hall–Kier alpha value is -4.96. The number of rotatable bonds is 11. The van der Waals surface area contributed by atoms with Gasteiger partial charge in [0.05, 0.1) is 57.0 Å². The molecule has 0 bridgehead atoms. The molecule has 1 N–H and O–H groups in total. The van der Waals surface area contributed by atoms with Crippen molar-refractivity contribution >= 4 is 64.0 Å². The van der Waals surface area contributed by atoms with E-state index in [0.29, 0.717) is 61.2 Å². The molecule has 0 aliphatic carbocycles. The van der Waals surface area contributed by atoms with Crippen LogP contribution in [0.4, 0.5) is 5.69 Å². The zero-order valence-corrected chi connectivity index (χ0v) is 30.6. The molecule has 1 aliphatic heterocycles. The molecule has 17 heteroatoms. The smallest absolute Gasteiger partial charge is 0.338 e. The molecule has 13 nitrogen and oxygen atoms in total. The Morgan fingerprint density at radius 3 is 2.63 bits per heavy atom. The van der Waals surface area contributed by atoms with Gasteiger partial charge in [0.15, 0.2) is 22.1 Å². The normalized spacial score (nSPS) is 14.2. The van der Waals surface area contributed by atoms with Gasteiger partial charge in [-0.25, -0.2) is 14.8 Å². The highest BCUT2D eigenvalue weighted by molar-refractivity contribution is 7.99. The second-order valence-corrected chi connectivity index (χ2v) is 13.7. The van der Waals surface area contributed by atoms with E-state index in [2.05, 4.69) is 20.2 Å². The first kappa shape index (κ1) is 35.9. The standard InChI is InChI=1S/C34H28Cl2N6O7S2/c1-5-48-25-15-19(8-11-24(25)47-4)29-28(32(44)49-6-2)17(3)37-34-41(29)31(43)27(51-34)14-18-7-12-26(23(13-18)42(45)46)50-33-38-30(39-40-33)21-10-9-20(35)16-22(21)36/h7-16,29H,5-6H2,1-4H3,(H,38,39,40)/b27-14+/t29-/m1/s1. The van der Waals surface area contributed by atoms with Gasteiger partial charge in [-0.2, -0.15) is 0 Å². The van der Waals surface area contributed by atoms with Gasteiger partial charge in [-0.05, 0) is 86.1 Å². The summed E-state index contributed by atoms with van der Waals surface area (Å²) in [4.78, 5) is 48.8. The maximum atomic E-state index is 14.1. The molecule has 2 aromatic heterocycles. The lowest BCUT2D eigenvalue weighted by molar-refractivity contribution is -0.387. The number of halogens is 2. The van der Waals surface area contributed by atoms with Crippen LogP contribution in [0.25, 0.3) is 17.5 Å². The predicted molar refractivity (Wildman–Crippen MR) is 194 cm³/mol. The van der Waals surface area contributed by atoms with Crippen LogP contribution in [-0.4, -0.2) is 51.0 Å². The molecule has 0 unspecified atom stereocenters. The topological polar surface area (TPSA) is 164 Å². The number of methoxy groups -OCH3 is 1. The first-order chi connectivity index (χ1) is 24.5. The van der Waals surface area contributed by atoms with Gasteiger partial charge >= 0.3 is 5.97 Å². The third-order valence-electron chi connectivity index (χ3n) is 7.65. The molecule has 3 aromatic carbocycles. The van der Waals surface area contributed by atoms with Crippen molar-refractivity contribution < 1.29 is 23.9 Å². The SMILES string of the molecule is CCOC(=O)C1=C(C)N=c2s/c(=C/c3ccc(Sc4n[nH]c(-c5ccc(Cl)cc5Cl)n4)c([N+](=O)[O-])c3)c(=O)n2[C@@H]1c1ccc(OC)c(OCC)c1. The van der Waals surface area contributed by atoms with Crippen LogP contribution in [0.1, 0.15) is 37.9 Å². The van der Waals surface area contributed by atoms with Gasteiger partial charge in [-0.15, -0.1) is 5.10 Å². The van der Waals surface area contributed by atoms with Crippen LogP contribution in [0.3, 0.4) is 0 Å². The van der Waals surface area contributed by atoms with Crippen LogP contribution in [-0.2, 0) is 9.53 Å². The molecule has 5 aromatic rings. The highest BCUT2D eigenvalue weighted by atomic mass is 35.5. The second-order valence-electron chi connectivity index (χ2n) is 10.8. The van der Waals surface area contributed by atoms with Gasteiger partial charge in [0, 0.05) is 16.7 Å². The number of benzene rings is 3. The van der Waals surface area contributed by atoms with Crippen molar-refractivity contribution in [2.45, 2.75) is 36.9 Å². The number of ether oxygens (including phenoxy) is 3. The van der Waals surface area contributed by atoms with Crippen molar-refractivity contribution in [2.24, 2.45) is 4.99 Å². The Labute approximate surface area is 308 Å². The average molecular weight is 768 g/mol. The molecule has 0 radical (unpaired) electrons. The van der Waals surface area contributed by atoms with E-state index in [9.17, 15) is 19.7 Å². The van der Waals surface area contributed by atoms with Crippen molar-refractivity contribution in [2.75, 3.05) is 20.3 Å². The summed E-state index contributed by atoms with van der Waals surface area (Å²) in [6, 6.07) is 13.8. The summed E-state index contributed by atoms with van der Waals surface area (Å²) < 4.78 is 18.3. The molecule has 0 saturated carbocycles. The van der Waals surface area contributed by atoms with Gasteiger partial charge in [0.2, 0.25) is 5.16 Å². The Balaban J connectivity index is 1.40. The number of allylic oxidation sites excluding steroid dienone is 1. The number of nitro benzene ring substituents is 1. The summed E-state index contributed by atoms with van der Waals surface area (Å²) in [5.41, 5.74) is 1.50. The van der Waals surface area contributed by atoms with Crippen LogP contribution >= 0.6 is 46.3 Å². The Bertz CT molecular complexity index is 2410. The van der Waals surface area contributed by atoms with E-state index < -0.39 is 22.5 Å². The zero-order valence-electron chi connectivity index (χ0n) is 27.4. The van der Waals surface area contributed by atoms with Crippen molar-refractivity contribution in [3.8, 4) is 22.9 Å². The quantitative estimate of drug-likeness (QED) is 0.0910. The first-order valence-electron chi connectivity index (χ1n) is 15.4. The highest BCUT2D eigenvalue weighted by Crippen LogP contribution is 2.37. The minimum atomic E-state index is -0.894. The van der Waals surface area contributed by atoms with Gasteiger partial charge in [-0.3, -0.25) is 24.6 Å². The molecule has 3 heterocycles. The van der Waals surface area contributed by atoms with E-state index in [1.54, 1.807) is 68.5 Å². The van der Waals surface area contributed by atoms with E-state index in [1.807, 2.05) is 6.92 Å². The van der Waals surface area contributed by atoms with E-state index in [-0.39, 0.29) is 32.5 Å². The number of nitro groups is 1. The summed E-state index contributed by atoms with van der Waals surface area (Å²) in [6.07, 6.45) is 1.55. The van der Waals surface area contributed by atoms with Crippen molar-refractivity contribution in [1.29, 1.82) is 0 Å². The molecular formula is C34H28Cl2N6O7S2. The number of aromatic amines is 1. The minimum Gasteiger partial charge on any atom is -0.493 e. The number of hydrogen-bond acceptors (Lipinski definition) is 12. The summed E-state index contributed by atoms with van der Waals surface area (Å²) >= 11 is 14.4. The van der Waals surface area contributed by atoms with Crippen molar-refractivity contribution in [3.05, 3.63) is 117 Å². The van der Waals surface area contributed by atoms with Crippen LogP contribution in [0.15, 0.2) is 85.7 Å². The fourth-order valence-corrected chi connectivity index (χ4v) is 7.78. The first-order valence-corrected chi connectivity index (χ1v) is 17.8. The molecule has 51 heavy (non-hydrogen) atoms. The Morgan fingerprint density at radius 1 is 1.12 bits per heavy atom. The van der Waals surface area contributed by atoms with E-state index in [0.717, 1.165) is 23.1 Å². The molecule has 0 amide bonds. The molecule has 0 saturated heterocycles. The fourth-order valence-electron chi connectivity index (χ4n) is 5.44. The monoisotopic (exact) mass is 766 g/mol. The van der Waals surface area contributed by atoms with Crippen molar-refractivity contribution in [1.82, 2.24) is 19.7 Å². The van der Waals surface area contributed by atoms with E-state index in [4.69, 9.17) is 37.4 Å². The summed E-state index contributed by atoms with van der Waals surface area (Å²) in [5, 5.41) is 20.3. The largest absolute Gasteiger partial charge is 0.493 e. The number of carbonyl (C=O) groups excluding carboxylic acids is 1. The lowest BCUT2D eigenvalue weighted by Gasteiger charge is -2.25. The summed E-state index contributed by atoms with van der Waals surface area (Å²) in [5.74, 6) is 0.699. The highest BCUT2D eigenvalue weighted by Gasteiger charge is 2.34. The second kappa shape index (κ2) is 15.1. The molecule has 0 spiro atoms. The lowest BCUT2D eigenvalue weighted by atomic mass is 9.95. The Morgan fingerprint density at radius 2 is 1.92 bits per heavy atom. The van der Waals surface area contributed by atoms with Crippen LogP contribution in [0, 0.1) is 10.1 Å². The zero-order chi connectivity index (χ0) is 36.4. The number of H-pyrrole nitrogens is 1. The molecule has 0 fully saturated rings. The third-order valence-corrected chi connectivity index (χ3v) is 10.1. The number of carbonyl (C=O) groups is 1. The Kier molecular flexibility index (Phi) is 10.6. The van der Waals surface area contributed by atoms with Gasteiger partial charge in [0.25, 0.3) is 11.2 Å². The minimum absolute atomic E-state index is 0.126.